The lowest BCUT2D eigenvalue weighted by Gasteiger charge is -2.47. The van der Waals surface area contributed by atoms with Crippen LogP contribution in [0.15, 0.2) is 349 Å². The molecular weight excluding hydrogens is 1520 g/mol. The number of hydrogen-bond acceptors (Lipinski definition) is 4. The fraction of sp³-hybridized carbons (Fsp3) is 0.102. The molecular formula is C118H83BN4O2. The van der Waals surface area contributed by atoms with Crippen LogP contribution in [-0.2, 0) is 16.2 Å². The molecule has 0 aliphatic carbocycles. The van der Waals surface area contributed by atoms with Gasteiger partial charge in [0, 0.05) is 99.5 Å². The van der Waals surface area contributed by atoms with E-state index in [2.05, 4.69) is 421 Å². The van der Waals surface area contributed by atoms with Crippen LogP contribution in [0.4, 0.5) is 34.1 Å². The summed E-state index contributed by atoms with van der Waals surface area (Å²) in [5.74, 6) is 0. The predicted molar refractivity (Wildman–Crippen MR) is 531 cm³/mol. The van der Waals surface area contributed by atoms with Gasteiger partial charge < -0.3 is 27.8 Å². The van der Waals surface area contributed by atoms with Gasteiger partial charge in [-0.05, 0) is 258 Å². The number of aromatic nitrogens is 2. The van der Waals surface area contributed by atoms with Crippen molar-refractivity contribution in [2.45, 2.75) is 78.6 Å². The second kappa shape index (κ2) is 24.9. The zero-order valence-electron chi connectivity index (χ0n) is 71.0. The molecule has 0 saturated carbocycles. The number of anilines is 6. The van der Waals surface area contributed by atoms with Crippen LogP contribution in [0.5, 0.6) is 0 Å². The van der Waals surface area contributed by atoms with Crippen LogP contribution in [0.1, 0.15) is 79.0 Å². The Balaban J connectivity index is 0.826. The Kier molecular flexibility index (Phi) is 14.1. The molecule has 21 aromatic carbocycles. The highest BCUT2D eigenvalue weighted by atomic mass is 16.3. The molecule has 6 nitrogen and oxygen atoms in total. The average Bonchev–Trinajstić information content (AvgIpc) is 1.61. The quantitative estimate of drug-likeness (QED) is 0.0864. The first-order chi connectivity index (χ1) is 60.9. The molecule has 6 heterocycles. The maximum atomic E-state index is 7.06. The van der Waals surface area contributed by atoms with Gasteiger partial charge in [0.2, 0.25) is 0 Å². The Labute approximate surface area is 723 Å². The van der Waals surface area contributed by atoms with Gasteiger partial charge in [-0.3, -0.25) is 0 Å². The molecule has 0 unspecified atom stereocenters. The van der Waals surface area contributed by atoms with Crippen LogP contribution >= 0.6 is 0 Å². The second-order valence-corrected chi connectivity index (χ2v) is 38.6. The molecule has 125 heavy (non-hydrogen) atoms. The highest BCUT2D eigenvalue weighted by Gasteiger charge is 2.47. The Morgan fingerprint density at radius 1 is 0.232 bits per heavy atom. The molecule has 2 aliphatic heterocycles. The fourth-order valence-electron chi connectivity index (χ4n) is 22.6. The van der Waals surface area contributed by atoms with Crippen molar-refractivity contribution in [3.8, 4) is 55.9 Å². The van der Waals surface area contributed by atoms with Crippen LogP contribution in [0.3, 0.4) is 0 Å². The van der Waals surface area contributed by atoms with E-state index in [4.69, 9.17) is 8.83 Å². The van der Waals surface area contributed by atoms with Crippen LogP contribution < -0.4 is 26.2 Å². The minimum atomic E-state index is -0.416. The summed E-state index contributed by atoms with van der Waals surface area (Å²) in [5.41, 5.74) is 32.0. The fourth-order valence-corrected chi connectivity index (χ4v) is 22.6. The zero-order chi connectivity index (χ0) is 83.3. The summed E-state index contributed by atoms with van der Waals surface area (Å²) in [6.07, 6.45) is 0. The summed E-state index contributed by atoms with van der Waals surface area (Å²) in [5, 5.41) is 24.9. The number of fused-ring (bicyclic) bond motifs is 12. The average molecular weight is 1600 g/mol. The van der Waals surface area contributed by atoms with Gasteiger partial charge in [-0.15, -0.1) is 0 Å². The van der Waals surface area contributed by atoms with E-state index >= 15 is 0 Å². The molecule has 0 N–H and O–H groups in total. The van der Waals surface area contributed by atoms with E-state index in [9.17, 15) is 0 Å². The molecule has 25 aromatic rings. The predicted octanol–water partition coefficient (Wildman–Crippen LogP) is 31.0. The molecule has 4 aromatic heterocycles. The van der Waals surface area contributed by atoms with Crippen molar-refractivity contribution in [1.29, 1.82) is 0 Å². The maximum Gasteiger partial charge on any atom is 0.252 e. The summed E-state index contributed by atoms with van der Waals surface area (Å²) in [4.78, 5) is 5.52. The third kappa shape index (κ3) is 9.81. The third-order valence-electron chi connectivity index (χ3n) is 28.5. The van der Waals surface area contributed by atoms with Crippen molar-refractivity contribution in [2.75, 3.05) is 9.80 Å². The normalized spacial score (nSPS) is 13.4. The lowest BCUT2D eigenvalue weighted by Crippen LogP contribution is -2.61. The maximum absolute atomic E-state index is 7.06. The minimum absolute atomic E-state index is 0.239. The monoisotopic (exact) mass is 1600 g/mol. The highest BCUT2D eigenvalue weighted by Crippen LogP contribution is 2.58. The molecule has 0 spiro atoms. The molecule has 0 radical (unpaired) electrons. The van der Waals surface area contributed by atoms with Crippen LogP contribution in [-0.4, -0.2) is 15.8 Å². The number of benzene rings is 21. The molecule has 0 saturated heterocycles. The van der Waals surface area contributed by atoms with Crippen molar-refractivity contribution in [3.05, 3.63) is 356 Å². The molecule has 590 valence electrons. The first kappa shape index (κ1) is 70.7. The molecule has 27 rings (SSSR count). The zero-order valence-corrected chi connectivity index (χ0v) is 71.0. The van der Waals surface area contributed by atoms with Gasteiger partial charge >= 0.3 is 0 Å². The first-order valence-corrected chi connectivity index (χ1v) is 44.1. The number of nitrogens with zero attached hydrogens (tertiary/aromatic N) is 4. The standard InChI is InChI=1S/C118H83BN4O2/c1-116(2,3)74-58-87(66-24-12-10-13-25-66)114(88(59-74)67-26-14-11-15-27-67)122-97-64-77(120-93-52-42-68-28-20-34-83-84-35-21-29-69-43-53-94(120)110(106(69)84)109(93)105(68)83)46-50-91(97)119-92-51-47-78(121-95-54-44-70-30-22-36-85-86-37-23-31-71-45-55-96(121)112(108(71)86)111(95)107(70)85)65-98(92)123(100-63-76(118(7,8)9)62-99(122)113(100)119)115-89(72-40-48-81-79-32-16-18-38-101(79)124-103(81)56-72)60-75(117(4,5)6)61-90(115)73-41-49-82-80-33-17-19-39-102(80)125-104(82)57-73/h10-65H,1-9H3. The number of hydrogen-bond donors (Lipinski definition) is 0. The van der Waals surface area contributed by atoms with Crippen LogP contribution in [0, 0.1) is 0 Å². The highest BCUT2D eigenvalue weighted by molar-refractivity contribution is 7.00. The Bertz CT molecular complexity index is 8540. The molecule has 0 amide bonds. The smallest absolute Gasteiger partial charge is 0.252 e. The SMILES string of the molecule is CC(C)(C)c1cc(-c2ccccc2)c(N2c3cc(-n4c5ccc6cccc7c8cccc9ccc4c(c98)c5c67)ccc3B3c4ccc(-n5c6ccc7cccc8c9cccc%10ccc5c(c%109)c6c78)cc4N(c4c(-c5ccc6c(c5)oc5ccccc56)cc(C(C)(C)C)cc4-c4ccc5c(c4)oc4ccccc45)c4cc(C(C)(C)C)cc2c43)c(-c2ccccc2)c1. The molecule has 0 fully saturated rings. The van der Waals surface area contributed by atoms with E-state index in [0.29, 0.717) is 0 Å². The largest absolute Gasteiger partial charge is 0.456 e. The summed E-state index contributed by atoms with van der Waals surface area (Å²) >= 11 is 0. The van der Waals surface area contributed by atoms with E-state index in [0.717, 1.165) is 134 Å². The van der Waals surface area contributed by atoms with Gasteiger partial charge in [0.25, 0.3) is 6.71 Å². The van der Waals surface area contributed by atoms with E-state index in [1.165, 1.54) is 141 Å². The van der Waals surface area contributed by atoms with Gasteiger partial charge in [0.1, 0.15) is 22.3 Å². The first-order valence-electron chi connectivity index (χ1n) is 44.1. The lowest BCUT2D eigenvalue weighted by molar-refractivity contribution is 0.590. The van der Waals surface area contributed by atoms with Crippen molar-refractivity contribution in [2.24, 2.45) is 0 Å². The third-order valence-corrected chi connectivity index (χ3v) is 28.5. The van der Waals surface area contributed by atoms with Crippen molar-refractivity contribution >= 4 is 209 Å². The van der Waals surface area contributed by atoms with Gasteiger partial charge in [0.05, 0.1) is 33.4 Å². The summed E-state index contributed by atoms with van der Waals surface area (Å²) in [6.45, 7) is 21.1. The van der Waals surface area contributed by atoms with Gasteiger partial charge in [-0.1, -0.05) is 281 Å². The minimum Gasteiger partial charge on any atom is -0.456 e. The lowest BCUT2D eigenvalue weighted by atomic mass is 9.33. The summed E-state index contributed by atoms with van der Waals surface area (Å²) < 4.78 is 19.3. The molecule has 2 aliphatic rings. The molecule has 7 heteroatoms. The summed E-state index contributed by atoms with van der Waals surface area (Å²) in [7, 11) is 0. The van der Waals surface area contributed by atoms with Crippen molar-refractivity contribution < 1.29 is 8.83 Å². The van der Waals surface area contributed by atoms with E-state index < -0.39 is 5.41 Å². The molecule has 0 atom stereocenters. The van der Waals surface area contributed by atoms with Crippen LogP contribution in [0.25, 0.3) is 208 Å². The number of furan rings is 2. The Hall–Kier alpha value is -14.9. The number of rotatable bonds is 8. The Morgan fingerprint density at radius 2 is 0.552 bits per heavy atom. The molecule has 0 bridgehead atoms. The van der Waals surface area contributed by atoms with Gasteiger partial charge in [-0.2, -0.15) is 0 Å². The van der Waals surface area contributed by atoms with E-state index in [1.54, 1.807) is 0 Å². The van der Waals surface area contributed by atoms with Crippen LogP contribution in [0.2, 0.25) is 0 Å². The Morgan fingerprint density at radius 3 is 0.912 bits per heavy atom. The van der Waals surface area contributed by atoms with Crippen molar-refractivity contribution in [3.63, 3.8) is 0 Å². The van der Waals surface area contributed by atoms with E-state index in [-0.39, 0.29) is 17.5 Å². The van der Waals surface area contributed by atoms with E-state index in [1.807, 2.05) is 0 Å². The second-order valence-electron chi connectivity index (χ2n) is 38.6. The number of para-hydroxylation sites is 2. The van der Waals surface area contributed by atoms with Gasteiger partial charge in [0.15, 0.2) is 0 Å². The van der Waals surface area contributed by atoms with Crippen molar-refractivity contribution in [1.82, 2.24) is 9.13 Å². The van der Waals surface area contributed by atoms with Gasteiger partial charge in [-0.25, -0.2) is 0 Å². The summed E-state index contributed by atoms with van der Waals surface area (Å²) in [6, 6.07) is 131. The topological polar surface area (TPSA) is 42.6 Å².